The Labute approximate surface area is 136 Å². The summed E-state index contributed by atoms with van der Waals surface area (Å²) < 4.78 is 0. The van der Waals surface area contributed by atoms with Crippen LogP contribution in [0.15, 0.2) is 48.5 Å². The molecule has 0 radical (unpaired) electrons. The highest BCUT2D eigenvalue weighted by Gasteiger charge is 2.11. The van der Waals surface area contributed by atoms with Gasteiger partial charge in [0, 0.05) is 23.8 Å². The predicted molar refractivity (Wildman–Crippen MR) is 92.8 cm³/mol. The van der Waals surface area contributed by atoms with Crippen molar-refractivity contribution in [2.24, 2.45) is 0 Å². The third kappa shape index (κ3) is 3.32. The first-order valence-corrected chi connectivity index (χ1v) is 7.87. The van der Waals surface area contributed by atoms with Gasteiger partial charge in [0.1, 0.15) is 0 Å². The second-order valence-electron chi connectivity index (χ2n) is 5.46. The number of rotatable bonds is 3. The van der Waals surface area contributed by atoms with E-state index in [9.17, 15) is 5.26 Å². The first-order chi connectivity index (χ1) is 10.8. The van der Waals surface area contributed by atoms with Crippen molar-refractivity contribution in [1.82, 2.24) is 0 Å². The maximum absolute atomic E-state index is 9.38. The van der Waals surface area contributed by atoms with Crippen LogP contribution in [0.1, 0.15) is 24.0 Å². The zero-order chi connectivity index (χ0) is 15.4. The standard InChI is InChI=1S/C19H17ClN2/c20-18-7-5-16(6-8-18)17(14-21)13-15-3-9-19(10-4-15)22-11-1-2-12-22/h3-10,13H,1-2,11-12H2/b17-13-. The number of anilines is 1. The van der Waals surface area contributed by atoms with Gasteiger partial charge >= 0.3 is 0 Å². The average Bonchev–Trinajstić information content (AvgIpc) is 3.09. The van der Waals surface area contributed by atoms with Crippen LogP contribution in [-0.2, 0) is 0 Å². The summed E-state index contributed by atoms with van der Waals surface area (Å²) >= 11 is 5.89. The smallest absolute Gasteiger partial charge is 0.0998 e. The van der Waals surface area contributed by atoms with Crippen molar-refractivity contribution >= 4 is 28.9 Å². The summed E-state index contributed by atoms with van der Waals surface area (Å²) in [6, 6.07) is 18.0. The zero-order valence-corrected chi connectivity index (χ0v) is 13.1. The van der Waals surface area contributed by atoms with Gasteiger partial charge in [-0.3, -0.25) is 0 Å². The summed E-state index contributed by atoms with van der Waals surface area (Å²) in [5.74, 6) is 0. The van der Waals surface area contributed by atoms with Gasteiger partial charge in [0.15, 0.2) is 0 Å². The van der Waals surface area contributed by atoms with Gasteiger partial charge in [-0.1, -0.05) is 35.9 Å². The fourth-order valence-corrected chi connectivity index (χ4v) is 2.86. The Morgan fingerprint density at radius 1 is 1.00 bits per heavy atom. The van der Waals surface area contributed by atoms with E-state index in [0.29, 0.717) is 10.6 Å². The van der Waals surface area contributed by atoms with Crippen LogP contribution < -0.4 is 4.90 Å². The monoisotopic (exact) mass is 308 g/mol. The molecule has 2 nitrogen and oxygen atoms in total. The average molecular weight is 309 g/mol. The summed E-state index contributed by atoms with van der Waals surface area (Å²) in [4.78, 5) is 2.40. The van der Waals surface area contributed by atoms with Crippen LogP contribution in [0, 0.1) is 11.3 Å². The van der Waals surface area contributed by atoms with Crippen LogP contribution in [0.25, 0.3) is 11.6 Å². The van der Waals surface area contributed by atoms with Crippen LogP contribution in [-0.4, -0.2) is 13.1 Å². The van der Waals surface area contributed by atoms with Crippen LogP contribution >= 0.6 is 11.6 Å². The minimum Gasteiger partial charge on any atom is -0.372 e. The number of hydrogen-bond acceptors (Lipinski definition) is 2. The molecule has 1 heterocycles. The van der Waals surface area contributed by atoms with Crippen molar-refractivity contribution < 1.29 is 0 Å². The van der Waals surface area contributed by atoms with Crippen LogP contribution in [0.2, 0.25) is 5.02 Å². The molecule has 2 aromatic rings. The number of benzene rings is 2. The molecule has 1 aliphatic rings. The highest BCUT2D eigenvalue weighted by molar-refractivity contribution is 6.30. The molecule has 1 aliphatic heterocycles. The molecular weight excluding hydrogens is 292 g/mol. The lowest BCUT2D eigenvalue weighted by molar-refractivity contribution is 0.949. The molecule has 0 N–H and O–H groups in total. The van der Waals surface area contributed by atoms with E-state index in [1.807, 2.05) is 18.2 Å². The molecule has 1 saturated heterocycles. The van der Waals surface area contributed by atoms with E-state index in [2.05, 4.69) is 35.2 Å². The largest absolute Gasteiger partial charge is 0.372 e. The quantitative estimate of drug-likeness (QED) is 0.589. The SMILES string of the molecule is N#C/C(=C/c1ccc(N2CCCC2)cc1)c1ccc(Cl)cc1. The van der Waals surface area contributed by atoms with Gasteiger partial charge in [0.25, 0.3) is 0 Å². The lowest BCUT2D eigenvalue weighted by Crippen LogP contribution is -2.17. The van der Waals surface area contributed by atoms with Crippen molar-refractivity contribution in [1.29, 1.82) is 5.26 Å². The molecule has 0 amide bonds. The van der Waals surface area contributed by atoms with Crippen molar-refractivity contribution in [2.45, 2.75) is 12.8 Å². The molecule has 0 aromatic heterocycles. The van der Waals surface area contributed by atoms with E-state index in [0.717, 1.165) is 24.2 Å². The van der Waals surface area contributed by atoms with Gasteiger partial charge < -0.3 is 4.90 Å². The molecule has 3 rings (SSSR count). The topological polar surface area (TPSA) is 27.0 Å². The number of hydrogen-bond donors (Lipinski definition) is 0. The molecule has 0 saturated carbocycles. The predicted octanol–water partition coefficient (Wildman–Crippen LogP) is 5.00. The Hall–Kier alpha value is -2.24. The summed E-state index contributed by atoms with van der Waals surface area (Å²) in [7, 11) is 0. The second kappa shape index (κ2) is 6.68. The van der Waals surface area contributed by atoms with Crippen molar-refractivity contribution in [3.63, 3.8) is 0 Å². The molecule has 0 bridgehead atoms. The van der Waals surface area contributed by atoms with Gasteiger partial charge in [0.2, 0.25) is 0 Å². The molecule has 2 aromatic carbocycles. The van der Waals surface area contributed by atoms with E-state index < -0.39 is 0 Å². The number of allylic oxidation sites excluding steroid dienone is 1. The molecule has 0 atom stereocenters. The molecule has 1 fully saturated rings. The summed E-state index contributed by atoms with van der Waals surface area (Å²) in [6.07, 6.45) is 4.46. The van der Waals surface area contributed by atoms with Crippen molar-refractivity contribution in [2.75, 3.05) is 18.0 Å². The normalized spacial score (nSPS) is 14.9. The lowest BCUT2D eigenvalue weighted by Gasteiger charge is -2.17. The van der Waals surface area contributed by atoms with E-state index in [4.69, 9.17) is 11.6 Å². The Bertz CT molecular complexity index is 703. The summed E-state index contributed by atoms with van der Waals surface area (Å²) in [6.45, 7) is 2.28. The Morgan fingerprint density at radius 3 is 2.23 bits per heavy atom. The molecular formula is C19H17ClN2. The molecule has 0 unspecified atom stereocenters. The number of halogens is 1. The molecule has 3 heteroatoms. The number of nitriles is 1. The molecule has 110 valence electrons. The highest BCUT2D eigenvalue weighted by atomic mass is 35.5. The first kappa shape index (κ1) is 14.7. The van der Waals surface area contributed by atoms with Gasteiger partial charge in [-0.15, -0.1) is 0 Å². The Morgan fingerprint density at radius 2 is 1.64 bits per heavy atom. The maximum atomic E-state index is 9.38. The third-order valence-corrected chi connectivity index (χ3v) is 4.20. The van der Waals surface area contributed by atoms with E-state index in [1.54, 1.807) is 12.1 Å². The van der Waals surface area contributed by atoms with Crippen molar-refractivity contribution in [3.05, 3.63) is 64.7 Å². The summed E-state index contributed by atoms with van der Waals surface area (Å²) in [5, 5.41) is 10.1. The minimum absolute atomic E-state index is 0.644. The van der Waals surface area contributed by atoms with E-state index >= 15 is 0 Å². The van der Waals surface area contributed by atoms with Gasteiger partial charge in [-0.25, -0.2) is 0 Å². The first-order valence-electron chi connectivity index (χ1n) is 7.49. The molecule has 22 heavy (non-hydrogen) atoms. The second-order valence-corrected chi connectivity index (χ2v) is 5.90. The van der Waals surface area contributed by atoms with Gasteiger partial charge in [0.05, 0.1) is 11.6 Å². The third-order valence-electron chi connectivity index (χ3n) is 3.95. The fourth-order valence-electron chi connectivity index (χ4n) is 2.73. The lowest BCUT2D eigenvalue weighted by atomic mass is 10.0. The number of nitrogens with zero attached hydrogens (tertiary/aromatic N) is 2. The summed E-state index contributed by atoms with van der Waals surface area (Å²) in [5.41, 5.74) is 3.83. The maximum Gasteiger partial charge on any atom is 0.0998 e. The molecule has 0 spiro atoms. The van der Waals surface area contributed by atoms with E-state index in [1.165, 1.54) is 18.5 Å². The minimum atomic E-state index is 0.644. The van der Waals surface area contributed by atoms with Crippen molar-refractivity contribution in [3.8, 4) is 6.07 Å². The highest BCUT2D eigenvalue weighted by Crippen LogP contribution is 2.23. The van der Waals surface area contributed by atoms with Gasteiger partial charge in [-0.2, -0.15) is 5.26 Å². The molecule has 0 aliphatic carbocycles. The van der Waals surface area contributed by atoms with Crippen LogP contribution in [0.3, 0.4) is 0 Å². The fraction of sp³-hybridized carbons (Fsp3) is 0.211. The van der Waals surface area contributed by atoms with Crippen LogP contribution in [0.5, 0.6) is 0 Å². The van der Waals surface area contributed by atoms with E-state index in [-0.39, 0.29) is 0 Å². The Kier molecular flexibility index (Phi) is 4.46. The van der Waals surface area contributed by atoms with Gasteiger partial charge in [-0.05, 0) is 54.3 Å². The zero-order valence-electron chi connectivity index (χ0n) is 12.3. The Balaban J connectivity index is 1.83. The van der Waals surface area contributed by atoms with Crippen LogP contribution in [0.4, 0.5) is 5.69 Å².